The van der Waals surface area contributed by atoms with Gasteiger partial charge in [0.2, 0.25) is 0 Å². The van der Waals surface area contributed by atoms with Gasteiger partial charge >= 0.3 is 5.97 Å². The van der Waals surface area contributed by atoms with Crippen LogP contribution in [0.4, 0.5) is 0 Å². The zero-order chi connectivity index (χ0) is 16.9. The highest BCUT2D eigenvalue weighted by atomic mass is 32.1. The van der Waals surface area contributed by atoms with Gasteiger partial charge in [-0.2, -0.15) is 11.3 Å². The molecule has 0 unspecified atom stereocenters. The lowest BCUT2D eigenvalue weighted by Gasteiger charge is -2.09. The maximum atomic E-state index is 11.8. The Balaban J connectivity index is 1.49. The van der Waals surface area contributed by atoms with Crippen molar-refractivity contribution in [3.05, 3.63) is 57.2 Å². The maximum Gasteiger partial charge on any atom is 0.344 e. The van der Waals surface area contributed by atoms with Crippen LogP contribution in [0.2, 0.25) is 0 Å². The first-order chi connectivity index (χ1) is 11.6. The maximum absolute atomic E-state index is 11.8. The second-order valence-electron chi connectivity index (χ2n) is 5.37. The minimum absolute atomic E-state index is 0.106. The molecular weight excluding hydrogens is 342 g/mol. The van der Waals surface area contributed by atoms with Crippen molar-refractivity contribution < 1.29 is 14.3 Å². The largest absolute Gasteiger partial charge is 0.482 e. The number of aromatic nitrogens is 1. The first kappa shape index (κ1) is 16.7. The third-order valence-electron chi connectivity index (χ3n) is 3.38. The lowest BCUT2D eigenvalue weighted by molar-refractivity contribution is -0.147. The fraction of sp³-hybridized carbons (Fsp3) is 0.222. The highest BCUT2D eigenvalue weighted by Gasteiger charge is 2.09. The van der Waals surface area contributed by atoms with Crippen LogP contribution >= 0.6 is 22.7 Å². The number of thiophene rings is 1. The fourth-order valence-electron chi connectivity index (χ4n) is 2.19. The van der Waals surface area contributed by atoms with Crippen molar-refractivity contribution in [3.8, 4) is 16.3 Å². The number of carbonyl (C=O) groups excluding carboxylic acids is 1. The van der Waals surface area contributed by atoms with Crippen molar-refractivity contribution in [1.29, 1.82) is 0 Å². The second kappa shape index (κ2) is 7.59. The van der Waals surface area contributed by atoms with Crippen LogP contribution in [0.5, 0.6) is 5.75 Å². The SMILES string of the molecule is Cc1ccc(OCC(=O)OCc2csc(-c3ccsc3)n2)c(C)c1. The average molecular weight is 359 g/mol. The van der Waals surface area contributed by atoms with E-state index in [4.69, 9.17) is 9.47 Å². The van der Waals surface area contributed by atoms with Crippen LogP contribution in [-0.2, 0) is 16.1 Å². The molecule has 0 spiro atoms. The molecule has 0 radical (unpaired) electrons. The summed E-state index contributed by atoms with van der Waals surface area (Å²) in [7, 11) is 0. The highest BCUT2D eigenvalue weighted by molar-refractivity contribution is 7.14. The van der Waals surface area contributed by atoms with Crippen LogP contribution in [-0.4, -0.2) is 17.6 Å². The summed E-state index contributed by atoms with van der Waals surface area (Å²) in [5.74, 6) is 0.297. The normalized spacial score (nSPS) is 10.6. The van der Waals surface area contributed by atoms with Crippen molar-refractivity contribution in [3.63, 3.8) is 0 Å². The molecule has 6 heteroatoms. The van der Waals surface area contributed by atoms with E-state index in [2.05, 4.69) is 4.98 Å². The Morgan fingerprint density at radius 2 is 2.08 bits per heavy atom. The van der Waals surface area contributed by atoms with Crippen LogP contribution in [0, 0.1) is 13.8 Å². The number of benzene rings is 1. The topological polar surface area (TPSA) is 48.4 Å². The Labute approximate surface area is 148 Å². The van der Waals surface area contributed by atoms with Crippen molar-refractivity contribution >= 4 is 28.6 Å². The first-order valence-electron chi connectivity index (χ1n) is 7.44. The molecule has 24 heavy (non-hydrogen) atoms. The Hall–Kier alpha value is -2.18. The van der Waals surface area contributed by atoms with E-state index in [-0.39, 0.29) is 13.2 Å². The van der Waals surface area contributed by atoms with E-state index in [1.165, 1.54) is 0 Å². The number of hydrogen-bond acceptors (Lipinski definition) is 6. The predicted molar refractivity (Wildman–Crippen MR) is 96.6 cm³/mol. The molecule has 0 bridgehead atoms. The van der Waals surface area contributed by atoms with E-state index >= 15 is 0 Å². The molecule has 0 amide bonds. The van der Waals surface area contributed by atoms with E-state index < -0.39 is 5.97 Å². The molecule has 0 saturated carbocycles. The standard InChI is InChI=1S/C18H17NO3S2/c1-12-3-4-16(13(2)7-12)21-9-17(20)22-8-15-11-24-18(19-15)14-5-6-23-10-14/h3-7,10-11H,8-9H2,1-2H3. The van der Waals surface area contributed by atoms with Crippen molar-refractivity contribution in [2.45, 2.75) is 20.5 Å². The molecule has 3 rings (SSSR count). The lowest BCUT2D eigenvalue weighted by Crippen LogP contribution is -2.15. The Kier molecular flexibility index (Phi) is 5.27. The summed E-state index contributed by atoms with van der Waals surface area (Å²) in [6.45, 7) is 4.03. The number of esters is 1. The van der Waals surface area contributed by atoms with Gasteiger partial charge in [-0.3, -0.25) is 0 Å². The third kappa shape index (κ3) is 4.21. The van der Waals surface area contributed by atoms with Crippen LogP contribution in [0.15, 0.2) is 40.4 Å². The minimum Gasteiger partial charge on any atom is -0.482 e. The van der Waals surface area contributed by atoms with E-state index in [1.54, 1.807) is 22.7 Å². The van der Waals surface area contributed by atoms with Crippen LogP contribution in [0.25, 0.3) is 10.6 Å². The number of carbonyl (C=O) groups is 1. The van der Waals surface area contributed by atoms with Gasteiger partial charge in [-0.25, -0.2) is 9.78 Å². The summed E-state index contributed by atoms with van der Waals surface area (Å²) in [5, 5.41) is 6.91. The van der Waals surface area contributed by atoms with Gasteiger partial charge in [-0.1, -0.05) is 17.7 Å². The van der Waals surface area contributed by atoms with Crippen molar-refractivity contribution in [1.82, 2.24) is 4.98 Å². The van der Waals surface area contributed by atoms with Gasteiger partial charge in [0.1, 0.15) is 17.4 Å². The van der Waals surface area contributed by atoms with Crippen LogP contribution < -0.4 is 4.74 Å². The summed E-state index contributed by atoms with van der Waals surface area (Å²) < 4.78 is 10.7. The summed E-state index contributed by atoms with van der Waals surface area (Å²) in [4.78, 5) is 16.3. The van der Waals surface area contributed by atoms with Crippen LogP contribution in [0.3, 0.4) is 0 Å². The number of hydrogen-bond donors (Lipinski definition) is 0. The van der Waals surface area contributed by atoms with E-state index in [0.717, 1.165) is 27.4 Å². The molecule has 0 saturated heterocycles. The first-order valence-corrected chi connectivity index (χ1v) is 9.27. The Morgan fingerprint density at radius 1 is 1.21 bits per heavy atom. The molecule has 3 aromatic rings. The number of rotatable bonds is 6. The molecule has 0 fully saturated rings. The van der Waals surface area contributed by atoms with Gasteiger partial charge in [0.25, 0.3) is 0 Å². The molecule has 0 atom stereocenters. The van der Waals surface area contributed by atoms with Crippen molar-refractivity contribution in [2.24, 2.45) is 0 Å². The zero-order valence-electron chi connectivity index (χ0n) is 13.4. The summed E-state index contributed by atoms with van der Waals surface area (Å²) in [5.41, 5.74) is 4.01. The molecule has 0 N–H and O–H groups in total. The third-order valence-corrected chi connectivity index (χ3v) is 5.00. The monoisotopic (exact) mass is 359 g/mol. The molecule has 0 aliphatic heterocycles. The average Bonchev–Trinajstić information content (AvgIpc) is 3.23. The van der Waals surface area contributed by atoms with E-state index in [0.29, 0.717) is 5.75 Å². The van der Waals surface area contributed by atoms with Gasteiger partial charge in [-0.15, -0.1) is 11.3 Å². The minimum atomic E-state index is -0.403. The smallest absolute Gasteiger partial charge is 0.344 e. The summed E-state index contributed by atoms with van der Waals surface area (Å²) in [6, 6.07) is 7.86. The van der Waals surface area contributed by atoms with Gasteiger partial charge in [-0.05, 0) is 36.9 Å². The van der Waals surface area contributed by atoms with Crippen LogP contribution in [0.1, 0.15) is 16.8 Å². The predicted octanol–water partition coefficient (Wildman–Crippen LogP) is 4.61. The Morgan fingerprint density at radius 3 is 2.83 bits per heavy atom. The number of ether oxygens (including phenoxy) is 2. The van der Waals surface area contributed by atoms with Crippen molar-refractivity contribution in [2.75, 3.05) is 6.61 Å². The quantitative estimate of drug-likeness (QED) is 0.603. The lowest BCUT2D eigenvalue weighted by atomic mass is 10.1. The summed E-state index contributed by atoms with van der Waals surface area (Å²) in [6.07, 6.45) is 0. The van der Waals surface area contributed by atoms with Gasteiger partial charge in [0.05, 0.1) is 5.69 Å². The summed E-state index contributed by atoms with van der Waals surface area (Å²) >= 11 is 3.18. The number of thiazole rings is 1. The van der Waals surface area contributed by atoms with Gasteiger partial charge in [0, 0.05) is 16.3 Å². The molecular formula is C18H17NO3S2. The highest BCUT2D eigenvalue weighted by Crippen LogP contribution is 2.26. The zero-order valence-corrected chi connectivity index (χ0v) is 15.1. The molecule has 0 aliphatic rings. The molecule has 0 aliphatic carbocycles. The fourth-order valence-corrected chi connectivity index (χ4v) is 3.70. The van der Waals surface area contributed by atoms with E-state index in [9.17, 15) is 4.79 Å². The van der Waals surface area contributed by atoms with Gasteiger partial charge < -0.3 is 9.47 Å². The molecule has 1 aromatic carbocycles. The van der Waals surface area contributed by atoms with E-state index in [1.807, 2.05) is 54.3 Å². The molecule has 2 heterocycles. The second-order valence-corrected chi connectivity index (χ2v) is 7.01. The van der Waals surface area contributed by atoms with Gasteiger partial charge in [0.15, 0.2) is 6.61 Å². The number of nitrogens with zero attached hydrogens (tertiary/aromatic N) is 1. The molecule has 124 valence electrons. The molecule has 4 nitrogen and oxygen atoms in total. The Bertz CT molecular complexity index is 825. The number of aryl methyl sites for hydroxylation is 2. The molecule has 2 aromatic heterocycles.